The van der Waals surface area contributed by atoms with E-state index in [1.165, 1.54) is 18.2 Å². The highest BCUT2D eigenvalue weighted by Crippen LogP contribution is 2.32. The van der Waals surface area contributed by atoms with E-state index in [9.17, 15) is 12.8 Å². The first-order chi connectivity index (χ1) is 24.3. The van der Waals surface area contributed by atoms with Gasteiger partial charge in [-0.2, -0.15) is 0 Å². The molecule has 0 fully saturated rings. The molecule has 0 spiro atoms. The van der Waals surface area contributed by atoms with E-state index < -0.39 is 99.6 Å². The Labute approximate surface area is 254 Å². The molecular weight excluding hydrogens is 555 g/mol. The molecule has 0 aliphatic rings. The van der Waals surface area contributed by atoms with Gasteiger partial charge in [-0.1, -0.05) is 23.7 Å². The maximum absolute atomic E-state index is 14.4. The molecule has 0 aliphatic heterocycles. The fourth-order valence-electron chi connectivity index (χ4n) is 3.24. The molecule has 0 aliphatic carbocycles. The van der Waals surface area contributed by atoms with E-state index in [1.807, 2.05) is 5.32 Å². The molecule has 8 nitrogen and oxygen atoms in total. The highest BCUT2D eigenvalue weighted by molar-refractivity contribution is 7.90. The zero-order valence-corrected chi connectivity index (χ0v) is 21.9. The lowest BCUT2D eigenvalue weighted by atomic mass is 10.1. The zero-order chi connectivity index (χ0) is 39.6. The molecule has 5 rings (SSSR count). The molecule has 0 bridgehead atoms. The summed E-state index contributed by atoms with van der Waals surface area (Å²) in [7, 11) is -3.81. The molecule has 0 amide bonds. The summed E-state index contributed by atoms with van der Waals surface area (Å²) >= 11 is 6.35. The lowest BCUT2D eigenvalue weighted by Gasteiger charge is -2.12. The SMILES string of the molecule is [2H]c1c([2H])c(F)c([2H])c(C([2H])([2H])Oc2c([2H])c([2H])c(Nc3ncnc4ccc(-c5ccc(C([2H])([2H])NC([2H])([2H])CS(C)(=O)=O)o5)cc34)c([2H])c2Cl)c1[2H]. The monoisotopic (exact) mass is 593 g/mol. The first-order valence-corrected chi connectivity index (χ1v) is 13.6. The number of rotatable bonds is 11. The number of fused-ring (bicyclic) bond motifs is 1. The second kappa shape index (κ2) is 12.0. The number of anilines is 2. The fraction of sp³-hybridized carbons (Fsp3) is 0.172. The number of nitrogens with one attached hydrogen (secondary N) is 2. The Morgan fingerprint density at radius 1 is 1.15 bits per heavy atom. The van der Waals surface area contributed by atoms with Crippen molar-refractivity contribution in [2.24, 2.45) is 0 Å². The van der Waals surface area contributed by atoms with Crippen LogP contribution in [0.4, 0.5) is 15.9 Å². The van der Waals surface area contributed by atoms with Gasteiger partial charge in [-0.05, 0) is 66.1 Å². The van der Waals surface area contributed by atoms with Crippen molar-refractivity contribution in [2.45, 2.75) is 13.1 Å². The van der Waals surface area contributed by atoms with Crippen LogP contribution in [0, 0.1) is 5.82 Å². The number of sulfone groups is 1. The summed E-state index contributed by atoms with van der Waals surface area (Å²) in [6.07, 6.45) is 1.97. The number of ether oxygens (including phenoxy) is 1. The van der Waals surface area contributed by atoms with Gasteiger partial charge in [0.15, 0.2) is 0 Å². The van der Waals surface area contributed by atoms with E-state index in [0.29, 0.717) is 11.1 Å². The van der Waals surface area contributed by atoms with Gasteiger partial charge >= 0.3 is 0 Å². The maximum atomic E-state index is 14.4. The zero-order valence-electron chi connectivity index (χ0n) is 33.4. The molecule has 40 heavy (non-hydrogen) atoms. The average molecular weight is 594 g/mol. The topological polar surface area (TPSA) is 106 Å². The third-order valence-corrected chi connectivity index (χ3v) is 5.90. The number of hydrogen-bond donors (Lipinski definition) is 2. The molecule has 0 saturated heterocycles. The van der Waals surface area contributed by atoms with Crippen molar-refractivity contribution in [3.8, 4) is 17.1 Å². The molecule has 206 valence electrons. The van der Waals surface area contributed by atoms with Crippen molar-refractivity contribution >= 4 is 43.8 Å². The van der Waals surface area contributed by atoms with E-state index in [-0.39, 0.29) is 28.4 Å². The molecular formula is C29H26ClFN4O4S. The first kappa shape index (κ1) is 15.7. The Morgan fingerprint density at radius 3 is 2.88 bits per heavy atom. The summed E-state index contributed by atoms with van der Waals surface area (Å²) in [4.78, 5) is 8.35. The molecule has 2 N–H and O–H groups in total. The number of aromatic nitrogens is 2. The minimum absolute atomic E-state index is 0.0114. The van der Waals surface area contributed by atoms with E-state index in [2.05, 4.69) is 15.3 Å². The van der Waals surface area contributed by atoms with E-state index in [0.717, 1.165) is 12.6 Å². The summed E-state index contributed by atoms with van der Waals surface area (Å²) in [6.45, 7) is -8.57. The van der Waals surface area contributed by atoms with Gasteiger partial charge in [0, 0.05) is 32.1 Å². The average Bonchev–Trinajstić information content (AvgIpc) is 3.56. The van der Waals surface area contributed by atoms with Gasteiger partial charge in [0.1, 0.15) is 51.6 Å². The quantitative estimate of drug-likeness (QED) is 0.188. The smallest absolute Gasteiger partial charge is 0.148 e. The lowest BCUT2D eigenvalue weighted by molar-refractivity contribution is 0.306. The van der Waals surface area contributed by atoms with E-state index in [4.69, 9.17) is 38.6 Å². The van der Waals surface area contributed by atoms with Crippen LogP contribution in [-0.4, -0.2) is 36.9 Å². The third-order valence-electron chi connectivity index (χ3n) is 4.96. The van der Waals surface area contributed by atoms with Crippen LogP contribution in [0.3, 0.4) is 0 Å². The fourth-order valence-corrected chi connectivity index (χ4v) is 3.75. The Kier molecular flexibility index (Phi) is 4.73. The molecule has 5 aromatic rings. The van der Waals surface area contributed by atoms with E-state index in [1.54, 1.807) is 12.1 Å². The van der Waals surface area contributed by atoms with Crippen molar-refractivity contribution in [1.82, 2.24) is 15.3 Å². The molecule has 2 aromatic heterocycles. The molecule has 0 atom stereocenters. The number of halogens is 2. The first-order valence-electron chi connectivity index (χ1n) is 17.7. The van der Waals surface area contributed by atoms with Crippen LogP contribution in [0.15, 0.2) is 83.4 Å². The van der Waals surface area contributed by atoms with Crippen LogP contribution in [0.5, 0.6) is 5.75 Å². The number of hydrogen-bond acceptors (Lipinski definition) is 8. The lowest BCUT2D eigenvalue weighted by Crippen LogP contribution is -2.21. The van der Waals surface area contributed by atoms with Crippen LogP contribution < -0.4 is 15.4 Å². The Balaban J connectivity index is 1.49. The van der Waals surface area contributed by atoms with Crippen molar-refractivity contribution in [3.63, 3.8) is 0 Å². The van der Waals surface area contributed by atoms with Crippen LogP contribution in [0.25, 0.3) is 22.2 Å². The summed E-state index contributed by atoms with van der Waals surface area (Å²) < 4.78 is 155. The van der Waals surface area contributed by atoms with E-state index >= 15 is 0 Å². The van der Waals surface area contributed by atoms with Crippen molar-refractivity contribution in [2.75, 3.05) is 23.8 Å². The van der Waals surface area contributed by atoms with Crippen LogP contribution >= 0.6 is 11.6 Å². The molecule has 0 unspecified atom stereocenters. The normalized spacial score (nSPS) is 17.3. The summed E-state index contributed by atoms with van der Waals surface area (Å²) in [5, 5.41) is 4.35. The third kappa shape index (κ3) is 7.15. The standard InChI is InChI=1S/C29H26ClFN4O4S/c1-40(36,37)12-11-32-16-23-7-10-27(39-23)20-5-8-26-24(14-20)29(34-18-33-26)35-22-6-9-28(25(30)15-22)38-17-19-3-2-4-21(31)13-19/h2-10,13-15,18,32H,11-12,16-17H2,1H3,(H,33,34,35)/i2D,3D,4D,6D,9D,11D2,13D,15D,16D2,17D2. The molecule has 0 saturated carbocycles. The minimum Gasteiger partial charge on any atom is -0.487 e. The highest BCUT2D eigenvalue weighted by atomic mass is 35.5. The minimum atomic E-state index is -3.81. The predicted octanol–water partition coefficient (Wildman–Crippen LogP) is 6.14. The molecule has 11 heteroatoms. The molecule has 0 radical (unpaired) electrons. The van der Waals surface area contributed by atoms with Crippen molar-refractivity contribution in [3.05, 3.63) is 101 Å². The van der Waals surface area contributed by atoms with Gasteiger partial charge in [0.05, 0.1) is 37.9 Å². The Morgan fingerprint density at radius 2 is 2.02 bits per heavy atom. The van der Waals surface area contributed by atoms with Gasteiger partial charge in [-0.15, -0.1) is 0 Å². The Hall–Kier alpha value is -3.99. The Bertz CT molecular complexity index is 2340. The van der Waals surface area contributed by atoms with Gasteiger partial charge in [0.25, 0.3) is 0 Å². The maximum Gasteiger partial charge on any atom is 0.148 e. The van der Waals surface area contributed by atoms with Gasteiger partial charge in [0.2, 0.25) is 0 Å². The van der Waals surface area contributed by atoms with Gasteiger partial charge < -0.3 is 19.8 Å². The molecule has 3 aromatic carbocycles. The van der Waals surface area contributed by atoms with Crippen LogP contribution in [-0.2, 0) is 22.9 Å². The second-order valence-electron chi connectivity index (χ2n) is 8.03. The highest BCUT2D eigenvalue weighted by Gasteiger charge is 2.11. The van der Waals surface area contributed by atoms with Gasteiger partial charge in [-0.3, -0.25) is 0 Å². The van der Waals surface area contributed by atoms with Crippen LogP contribution in [0.2, 0.25) is 5.02 Å². The largest absolute Gasteiger partial charge is 0.487 e. The summed E-state index contributed by atoms with van der Waals surface area (Å²) in [6, 6.07) is 0.603. The number of nitrogens with zero attached hydrogens (tertiary/aromatic N) is 2. The van der Waals surface area contributed by atoms with Crippen molar-refractivity contribution in [1.29, 1.82) is 0 Å². The van der Waals surface area contributed by atoms with Gasteiger partial charge in [-0.25, -0.2) is 22.8 Å². The summed E-state index contributed by atoms with van der Waals surface area (Å²) in [5.74, 6) is -3.72. The summed E-state index contributed by atoms with van der Waals surface area (Å²) in [5.41, 5.74) is -0.780. The van der Waals surface area contributed by atoms with Crippen LogP contribution in [0.1, 0.15) is 29.1 Å². The second-order valence-corrected chi connectivity index (χ2v) is 10.5. The predicted molar refractivity (Wildman–Crippen MR) is 154 cm³/mol. The number of furan rings is 1. The number of benzene rings is 3. The van der Waals surface area contributed by atoms with Crippen molar-refractivity contribution < 1.29 is 39.8 Å². The molecule has 2 heterocycles.